The number of amides is 1. The molecule has 3 heterocycles. The van der Waals surface area contributed by atoms with Crippen molar-refractivity contribution in [2.24, 2.45) is 0 Å². The number of thiophene rings is 1. The van der Waals surface area contributed by atoms with E-state index in [-0.39, 0.29) is 5.91 Å². The number of nitrogens with one attached hydrogen (secondary N) is 1. The second-order valence-corrected chi connectivity index (χ2v) is 9.54. The summed E-state index contributed by atoms with van der Waals surface area (Å²) in [6.07, 6.45) is 4.98. The van der Waals surface area contributed by atoms with Crippen molar-refractivity contribution >= 4 is 43.9 Å². The van der Waals surface area contributed by atoms with Crippen LogP contribution >= 0.6 is 22.7 Å². The first kappa shape index (κ1) is 18.4. The standard InChI is InChI=1S/C22H20N4OS2/c1-12-17-13(2)24-19(15-8-9-15)25-21(17)29-18(12)20(27)26-22-23-11-16(28-22)10-14-6-4-3-5-7-14/h3-7,11,15H,8-10H2,1-2H3,(H,23,26,27). The van der Waals surface area contributed by atoms with E-state index in [2.05, 4.69) is 27.4 Å². The number of carbonyl (C=O) groups excluding carboxylic acids is 1. The van der Waals surface area contributed by atoms with E-state index in [1.165, 1.54) is 28.2 Å². The quantitative estimate of drug-likeness (QED) is 0.464. The Balaban J connectivity index is 1.37. The predicted octanol–water partition coefficient (Wildman–Crippen LogP) is 5.49. The third-order valence-electron chi connectivity index (χ3n) is 5.13. The zero-order valence-corrected chi connectivity index (χ0v) is 17.9. The van der Waals surface area contributed by atoms with Crippen LogP contribution in [0.3, 0.4) is 0 Å². The SMILES string of the molecule is Cc1nc(C2CC2)nc2sc(C(=O)Nc3ncc(Cc4ccccc4)s3)c(C)c12. The van der Waals surface area contributed by atoms with Crippen LogP contribution in [-0.2, 0) is 6.42 Å². The molecule has 5 rings (SSSR count). The van der Waals surface area contributed by atoms with Crippen molar-refractivity contribution in [2.75, 3.05) is 5.32 Å². The molecule has 0 saturated heterocycles. The van der Waals surface area contributed by atoms with Crippen LogP contribution in [0.5, 0.6) is 0 Å². The molecule has 29 heavy (non-hydrogen) atoms. The van der Waals surface area contributed by atoms with Gasteiger partial charge in [0.05, 0.1) is 10.6 Å². The van der Waals surface area contributed by atoms with E-state index in [9.17, 15) is 4.79 Å². The second-order valence-electron chi connectivity index (χ2n) is 7.43. The van der Waals surface area contributed by atoms with E-state index >= 15 is 0 Å². The van der Waals surface area contributed by atoms with Gasteiger partial charge in [0.1, 0.15) is 10.7 Å². The molecule has 1 aromatic carbocycles. The molecule has 0 aliphatic heterocycles. The van der Waals surface area contributed by atoms with Crippen LogP contribution in [0, 0.1) is 13.8 Å². The van der Waals surface area contributed by atoms with Crippen molar-refractivity contribution in [3.8, 4) is 0 Å². The van der Waals surface area contributed by atoms with Gasteiger partial charge in [-0.2, -0.15) is 0 Å². The van der Waals surface area contributed by atoms with Gasteiger partial charge in [-0.25, -0.2) is 15.0 Å². The van der Waals surface area contributed by atoms with Crippen LogP contribution in [0.15, 0.2) is 36.5 Å². The molecule has 0 atom stereocenters. The molecule has 3 aromatic heterocycles. The molecule has 0 unspecified atom stereocenters. The summed E-state index contributed by atoms with van der Waals surface area (Å²) in [5.74, 6) is 1.29. The molecular formula is C22H20N4OS2. The van der Waals surface area contributed by atoms with E-state index < -0.39 is 0 Å². The first-order valence-corrected chi connectivity index (χ1v) is 11.3. The van der Waals surface area contributed by atoms with Gasteiger partial charge in [0.2, 0.25) is 0 Å². The first-order chi connectivity index (χ1) is 14.1. The average Bonchev–Trinajstić information content (AvgIpc) is 3.39. The van der Waals surface area contributed by atoms with Crippen molar-refractivity contribution in [1.29, 1.82) is 0 Å². The number of aryl methyl sites for hydroxylation is 2. The topological polar surface area (TPSA) is 67.8 Å². The van der Waals surface area contributed by atoms with Crippen molar-refractivity contribution in [2.45, 2.75) is 39.0 Å². The molecule has 1 aliphatic carbocycles. The van der Waals surface area contributed by atoms with E-state index in [0.29, 0.717) is 15.9 Å². The first-order valence-electron chi connectivity index (χ1n) is 9.66. The lowest BCUT2D eigenvalue weighted by atomic mass is 10.1. The van der Waals surface area contributed by atoms with Gasteiger partial charge in [0.25, 0.3) is 5.91 Å². The van der Waals surface area contributed by atoms with E-state index in [1.54, 1.807) is 0 Å². The van der Waals surface area contributed by atoms with Crippen LogP contribution in [0.1, 0.15) is 56.0 Å². The fourth-order valence-electron chi connectivity index (χ4n) is 3.50. The predicted molar refractivity (Wildman–Crippen MR) is 118 cm³/mol. The number of benzene rings is 1. The molecular weight excluding hydrogens is 400 g/mol. The van der Waals surface area contributed by atoms with Crippen LogP contribution in [-0.4, -0.2) is 20.9 Å². The zero-order chi connectivity index (χ0) is 20.0. The minimum Gasteiger partial charge on any atom is -0.297 e. The lowest BCUT2D eigenvalue weighted by Crippen LogP contribution is -2.11. The lowest BCUT2D eigenvalue weighted by Gasteiger charge is -2.02. The average molecular weight is 421 g/mol. The highest BCUT2D eigenvalue weighted by molar-refractivity contribution is 7.21. The maximum atomic E-state index is 12.9. The Morgan fingerprint density at radius 1 is 1.14 bits per heavy atom. The minimum absolute atomic E-state index is 0.126. The van der Waals surface area contributed by atoms with Crippen molar-refractivity contribution < 1.29 is 4.79 Å². The number of nitrogens with zero attached hydrogens (tertiary/aromatic N) is 3. The maximum Gasteiger partial charge on any atom is 0.267 e. The van der Waals surface area contributed by atoms with Crippen molar-refractivity contribution in [1.82, 2.24) is 15.0 Å². The Bertz CT molecular complexity index is 1210. The number of thiazole rings is 1. The molecule has 1 saturated carbocycles. The van der Waals surface area contributed by atoms with Gasteiger partial charge in [0.15, 0.2) is 5.13 Å². The normalized spacial score (nSPS) is 13.7. The number of rotatable bonds is 5. The Labute approximate surface area is 176 Å². The van der Waals surface area contributed by atoms with Crippen LogP contribution in [0.25, 0.3) is 10.2 Å². The van der Waals surface area contributed by atoms with Gasteiger partial charge in [-0.15, -0.1) is 22.7 Å². The van der Waals surface area contributed by atoms with E-state index in [4.69, 9.17) is 4.98 Å². The summed E-state index contributed by atoms with van der Waals surface area (Å²) in [6, 6.07) is 10.3. The van der Waals surface area contributed by atoms with Crippen molar-refractivity contribution in [3.05, 3.63) is 68.9 Å². The summed E-state index contributed by atoms with van der Waals surface area (Å²) < 4.78 is 0. The van der Waals surface area contributed by atoms with Gasteiger partial charge >= 0.3 is 0 Å². The maximum absolute atomic E-state index is 12.9. The zero-order valence-electron chi connectivity index (χ0n) is 16.2. The molecule has 5 nitrogen and oxygen atoms in total. The number of carbonyl (C=O) groups is 1. The van der Waals surface area contributed by atoms with Gasteiger partial charge < -0.3 is 0 Å². The summed E-state index contributed by atoms with van der Waals surface area (Å²) in [6.45, 7) is 3.98. The summed E-state index contributed by atoms with van der Waals surface area (Å²) >= 11 is 2.96. The molecule has 0 spiro atoms. The largest absolute Gasteiger partial charge is 0.297 e. The summed E-state index contributed by atoms with van der Waals surface area (Å²) in [7, 11) is 0. The Morgan fingerprint density at radius 2 is 1.93 bits per heavy atom. The van der Waals surface area contributed by atoms with Gasteiger partial charge in [-0.1, -0.05) is 30.3 Å². The highest BCUT2D eigenvalue weighted by Gasteiger charge is 2.28. The van der Waals surface area contributed by atoms with Gasteiger partial charge in [-0.3, -0.25) is 10.1 Å². The molecule has 4 aromatic rings. The molecule has 1 N–H and O–H groups in total. The molecule has 0 radical (unpaired) electrons. The number of aromatic nitrogens is 3. The highest BCUT2D eigenvalue weighted by atomic mass is 32.1. The van der Waals surface area contributed by atoms with Crippen LogP contribution < -0.4 is 5.32 Å². The number of anilines is 1. The highest BCUT2D eigenvalue weighted by Crippen LogP contribution is 2.40. The minimum atomic E-state index is -0.126. The van der Waals surface area contributed by atoms with Gasteiger partial charge in [-0.05, 0) is 37.8 Å². The molecule has 1 fully saturated rings. The third kappa shape index (κ3) is 3.68. The molecule has 0 bridgehead atoms. The van der Waals surface area contributed by atoms with Crippen molar-refractivity contribution in [3.63, 3.8) is 0 Å². The lowest BCUT2D eigenvalue weighted by molar-refractivity contribution is 0.103. The number of hydrogen-bond donors (Lipinski definition) is 1. The molecule has 1 aliphatic rings. The van der Waals surface area contributed by atoms with E-state index in [0.717, 1.165) is 51.4 Å². The van der Waals surface area contributed by atoms with E-state index in [1.807, 2.05) is 38.2 Å². The third-order valence-corrected chi connectivity index (χ3v) is 7.23. The second kappa shape index (κ2) is 7.31. The summed E-state index contributed by atoms with van der Waals surface area (Å²) in [4.78, 5) is 29.4. The monoisotopic (exact) mass is 420 g/mol. The molecule has 1 amide bonds. The van der Waals surface area contributed by atoms with Crippen LogP contribution in [0.4, 0.5) is 5.13 Å². The fraction of sp³-hybridized carbons (Fsp3) is 0.273. The Hall–Kier alpha value is -2.64. The molecule has 7 heteroatoms. The molecule has 146 valence electrons. The Kier molecular flexibility index (Phi) is 4.64. The number of hydrogen-bond acceptors (Lipinski definition) is 6. The smallest absolute Gasteiger partial charge is 0.267 e. The summed E-state index contributed by atoms with van der Waals surface area (Å²) in [5, 5.41) is 4.60. The van der Waals surface area contributed by atoms with Gasteiger partial charge in [0, 0.05) is 28.8 Å². The fourth-order valence-corrected chi connectivity index (χ4v) is 5.47. The van der Waals surface area contributed by atoms with Crippen LogP contribution in [0.2, 0.25) is 0 Å². The Morgan fingerprint density at radius 3 is 2.69 bits per heavy atom. The summed E-state index contributed by atoms with van der Waals surface area (Å²) in [5.41, 5.74) is 3.14. The number of fused-ring (bicyclic) bond motifs is 1.